The van der Waals surface area contributed by atoms with Gasteiger partial charge in [-0.25, -0.2) is 4.72 Å². The number of anilines is 1. The molecule has 7 nitrogen and oxygen atoms in total. The minimum Gasteiger partial charge on any atom is -0.293 e. The van der Waals surface area contributed by atoms with Gasteiger partial charge in [0.15, 0.2) is 5.78 Å². The number of Topliss-reactive ketones (excluding diaryl/α,β-unsaturated/α-hetero) is 1. The number of unbranched alkanes of at least 4 members (excludes halogenated alkanes) is 10. The number of benzene rings is 1. The fraction of sp³-hybridized carbons (Fsp3) is 0.609. The van der Waals surface area contributed by atoms with Crippen LogP contribution in [-0.4, -0.2) is 20.1 Å². The lowest BCUT2D eigenvalue weighted by molar-refractivity contribution is -0.119. The van der Waals surface area contributed by atoms with Crippen LogP contribution in [-0.2, 0) is 15.0 Å². The van der Waals surface area contributed by atoms with E-state index in [9.17, 15) is 18.0 Å². The van der Waals surface area contributed by atoms with Gasteiger partial charge in [0.1, 0.15) is 0 Å². The highest BCUT2D eigenvalue weighted by molar-refractivity contribution is 7.91. The Morgan fingerprint density at radius 3 is 1.90 bits per heavy atom. The highest BCUT2D eigenvalue weighted by Crippen LogP contribution is 2.13. The van der Waals surface area contributed by atoms with Gasteiger partial charge in [-0.1, -0.05) is 71.1 Å². The molecule has 172 valence electrons. The SMILES string of the molecule is CCCCCCCCCCCCCC(=O)NS(=O)(=O)Nc1ccc(C(=O)CC#N)cc1. The molecule has 0 saturated carbocycles. The van der Waals surface area contributed by atoms with Crippen molar-refractivity contribution in [1.29, 1.82) is 5.26 Å². The predicted molar refractivity (Wildman–Crippen MR) is 123 cm³/mol. The van der Waals surface area contributed by atoms with Crippen LogP contribution in [0.4, 0.5) is 5.69 Å². The average molecular weight is 450 g/mol. The summed E-state index contributed by atoms with van der Waals surface area (Å²) in [5.74, 6) is -0.874. The molecule has 1 rings (SSSR count). The Bertz CT molecular complexity index is 814. The van der Waals surface area contributed by atoms with Crippen LogP contribution in [0.3, 0.4) is 0 Å². The van der Waals surface area contributed by atoms with E-state index in [1.54, 1.807) is 6.07 Å². The van der Waals surface area contributed by atoms with Crippen molar-refractivity contribution in [3.8, 4) is 6.07 Å². The largest absolute Gasteiger partial charge is 0.323 e. The van der Waals surface area contributed by atoms with Gasteiger partial charge in [-0.3, -0.25) is 14.3 Å². The van der Waals surface area contributed by atoms with Crippen molar-refractivity contribution in [2.24, 2.45) is 0 Å². The van der Waals surface area contributed by atoms with Crippen molar-refractivity contribution in [3.63, 3.8) is 0 Å². The number of carbonyl (C=O) groups is 2. The number of nitriles is 1. The van der Waals surface area contributed by atoms with E-state index in [0.717, 1.165) is 19.3 Å². The van der Waals surface area contributed by atoms with Crippen molar-refractivity contribution >= 4 is 27.6 Å². The molecule has 0 spiro atoms. The summed E-state index contributed by atoms with van der Waals surface area (Å²) in [6.45, 7) is 2.22. The van der Waals surface area contributed by atoms with Crippen molar-refractivity contribution in [2.45, 2.75) is 90.4 Å². The molecule has 0 aliphatic heterocycles. The third-order valence-electron chi connectivity index (χ3n) is 4.95. The molecular formula is C23H35N3O4S. The van der Waals surface area contributed by atoms with Gasteiger partial charge in [-0.2, -0.15) is 13.7 Å². The summed E-state index contributed by atoms with van der Waals surface area (Å²) >= 11 is 0. The minimum atomic E-state index is -4.03. The van der Waals surface area contributed by atoms with Crippen LogP contribution in [0.5, 0.6) is 0 Å². The number of amides is 1. The van der Waals surface area contributed by atoms with Gasteiger partial charge in [-0.15, -0.1) is 0 Å². The molecule has 2 N–H and O–H groups in total. The maximum Gasteiger partial charge on any atom is 0.323 e. The van der Waals surface area contributed by atoms with Crippen LogP contribution in [0.25, 0.3) is 0 Å². The smallest absolute Gasteiger partial charge is 0.293 e. The number of rotatable bonds is 17. The zero-order valence-electron chi connectivity index (χ0n) is 18.5. The van der Waals surface area contributed by atoms with Gasteiger partial charge < -0.3 is 0 Å². The number of hydrogen-bond donors (Lipinski definition) is 2. The normalized spacial score (nSPS) is 11.0. The molecule has 0 aromatic heterocycles. The molecule has 0 unspecified atom stereocenters. The monoisotopic (exact) mass is 449 g/mol. The van der Waals surface area contributed by atoms with Gasteiger partial charge in [0.2, 0.25) is 5.91 Å². The molecule has 1 amide bonds. The van der Waals surface area contributed by atoms with Gasteiger partial charge >= 0.3 is 10.2 Å². The maximum absolute atomic E-state index is 12.1. The highest BCUT2D eigenvalue weighted by atomic mass is 32.2. The second-order valence-corrected chi connectivity index (χ2v) is 9.17. The first-order valence-electron chi connectivity index (χ1n) is 11.2. The van der Waals surface area contributed by atoms with E-state index in [1.807, 2.05) is 4.72 Å². The Balaban J connectivity index is 2.20. The molecule has 0 aliphatic rings. The van der Waals surface area contributed by atoms with Gasteiger partial charge in [-0.05, 0) is 30.7 Å². The number of ketones is 1. The Kier molecular flexibility index (Phi) is 13.2. The van der Waals surface area contributed by atoms with Crippen molar-refractivity contribution in [3.05, 3.63) is 29.8 Å². The molecule has 0 bridgehead atoms. The lowest BCUT2D eigenvalue weighted by Crippen LogP contribution is -2.35. The zero-order chi connectivity index (χ0) is 23.0. The molecule has 0 radical (unpaired) electrons. The van der Waals surface area contributed by atoms with Crippen molar-refractivity contribution in [1.82, 2.24) is 4.72 Å². The first-order valence-corrected chi connectivity index (χ1v) is 12.7. The third kappa shape index (κ3) is 12.8. The summed E-state index contributed by atoms with van der Waals surface area (Å²) in [5, 5.41) is 8.55. The van der Waals surface area contributed by atoms with E-state index in [0.29, 0.717) is 12.0 Å². The topological polar surface area (TPSA) is 116 Å². The maximum atomic E-state index is 12.1. The fourth-order valence-corrected chi connectivity index (χ4v) is 4.13. The van der Waals surface area contributed by atoms with E-state index < -0.39 is 16.1 Å². The highest BCUT2D eigenvalue weighted by Gasteiger charge is 2.14. The van der Waals surface area contributed by atoms with E-state index >= 15 is 0 Å². The predicted octanol–water partition coefficient (Wildman–Crippen LogP) is 5.26. The zero-order valence-corrected chi connectivity index (χ0v) is 19.3. The Morgan fingerprint density at radius 2 is 1.39 bits per heavy atom. The Labute approximate surface area is 186 Å². The van der Waals surface area contributed by atoms with E-state index in [4.69, 9.17) is 5.26 Å². The van der Waals surface area contributed by atoms with Gasteiger partial charge in [0.05, 0.1) is 18.2 Å². The standard InChI is InChI=1S/C23H35N3O4S/c1-2-3-4-5-6-7-8-9-10-11-12-13-23(28)26-31(29,30)25-21-16-14-20(15-17-21)22(27)18-19-24/h14-17,25H,2-13,18H2,1H3,(H,26,28). The van der Waals surface area contributed by atoms with E-state index in [2.05, 4.69) is 11.6 Å². The van der Waals surface area contributed by atoms with Crippen LogP contribution < -0.4 is 9.44 Å². The van der Waals surface area contributed by atoms with Crippen LogP contribution in [0.15, 0.2) is 24.3 Å². The minimum absolute atomic E-state index is 0.166. The number of nitrogens with one attached hydrogen (secondary N) is 2. The molecule has 0 saturated heterocycles. The molecule has 1 aromatic carbocycles. The lowest BCUT2D eigenvalue weighted by atomic mass is 10.1. The van der Waals surface area contributed by atoms with Gasteiger partial charge in [0.25, 0.3) is 0 Å². The third-order valence-corrected chi connectivity index (χ3v) is 5.96. The molecule has 1 aromatic rings. The molecule has 0 atom stereocenters. The average Bonchev–Trinajstić information content (AvgIpc) is 2.72. The Morgan fingerprint density at radius 1 is 0.871 bits per heavy atom. The van der Waals surface area contributed by atoms with Crippen molar-refractivity contribution < 1.29 is 18.0 Å². The Hall–Kier alpha value is -2.40. The summed E-state index contributed by atoms with van der Waals surface area (Å²) < 4.78 is 28.4. The number of carbonyl (C=O) groups excluding carboxylic acids is 2. The molecule has 0 fully saturated rings. The van der Waals surface area contributed by atoms with Crippen LogP contribution in [0.1, 0.15) is 101 Å². The first kappa shape index (κ1) is 26.6. The number of hydrogen-bond acceptors (Lipinski definition) is 5. The summed E-state index contributed by atoms with van der Waals surface area (Å²) in [7, 11) is -4.03. The molecule has 0 aliphatic carbocycles. The van der Waals surface area contributed by atoms with Crippen molar-refractivity contribution in [2.75, 3.05) is 4.72 Å². The fourth-order valence-electron chi connectivity index (χ4n) is 3.23. The second-order valence-electron chi connectivity index (χ2n) is 7.75. The van der Waals surface area contributed by atoms with Crippen LogP contribution in [0.2, 0.25) is 0 Å². The quantitative estimate of drug-likeness (QED) is 0.249. The molecule has 31 heavy (non-hydrogen) atoms. The first-order chi connectivity index (χ1) is 14.9. The lowest BCUT2D eigenvalue weighted by Gasteiger charge is -2.10. The van der Waals surface area contributed by atoms with Crippen LogP contribution in [0, 0.1) is 11.3 Å². The summed E-state index contributed by atoms with van der Waals surface area (Å²) in [6.07, 6.45) is 12.7. The number of nitrogens with zero attached hydrogens (tertiary/aromatic N) is 1. The summed E-state index contributed by atoms with van der Waals surface area (Å²) in [4.78, 5) is 23.5. The van der Waals surface area contributed by atoms with E-state index in [1.165, 1.54) is 69.2 Å². The van der Waals surface area contributed by atoms with Gasteiger partial charge in [0, 0.05) is 12.0 Å². The molecular weight excluding hydrogens is 414 g/mol. The molecule has 0 heterocycles. The summed E-state index contributed by atoms with van der Waals surface area (Å²) in [6, 6.07) is 7.47. The second kappa shape index (κ2) is 15.4. The molecule has 8 heteroatoms. The van der Waals surface area contributed by atoms with E-state index in [-0.39, 0.29) is 24.3 Å². The van der Waals surface area contributed by atoms with Crippen LogP contribution >= 0.6 is 0 Å². The summed E-state index contributed by atoms with van der Waals surface area (Å²) in [5.41, 5.74) is 0.550.